The lowest BCUT2D eigenvalue weighted by Crippen LogP contribution is -2.49. The second kappa shape index (κ2) is 6.82. The van der Waals surface area contributed by atoms with Gasteiger partial charge >= 0.3 is 0 Å². The van der Waals surface area contributed by atoms with Crippen molar-refractivity contribution in [2.24, 2.45) is 0 Å². The van der Waals surface area contributed by atoms with Crippen LogP contribution < -0.4 is 4.90 Å². The van der Waals surface area contributed by atoms with Crippen LogP contribution in [0.2, 0.25) is 0 Å². The maximum atomic E-state index is 12.6. The smallest absolute Gasteiger partial charge is 0.227 e. The molecule has 1 aromatic carbocycles. The number of aromatic nitrogens is 2. The minimum atomic E-state index is 0.218. The van der Waals surface area contributed by atoms with Gasteiger partial charge in [0.2, 0.25) is 5.91 Å². The van der Waals surface area contributed by atoms with Gasteiger partial charge in [-0.3, -0.25) is 4.79 Å². The first-order valence-corrected chi connectivity index (χ1v) is 9.11. The van der Waals surface area contributed by atoms with Crippen molar-refractivity contribution in [2.45, 2.75) is 32.1 Å². The molecule has 4 rings (SSSR count). The molecular formula is C20H24N4O. The van der Waals surface area contributed by atoms with Gasteiger partial charge in [-0.25, -0.2) is 9.97 Å². The first kappa shape index (κ1) is 16.1. The molecule has 0 spiro atoms. The van der Waals surface area contributed by atoms with E-state index in [9.17, 15) is 4.79 Å². The highest BCUT2D eigenvalue weighted by Gasteiger charge is 2.28. The molecule has 25 heavy (non-hydrogen) atoms. The van der Waals surface area contributed by atoms with Gasteiger partial charge in [0.1, 0.15) is 11.6 Å². The number of nitrogens with zero attached hydrogens (tertiary/aromatic N) is 4. The maximum Gasteiger partial charge on any atom is 0.227 e. The first-order chi connectivity index (χ1) is 12.2. The summed E-state index contributed by atoms with van der Waals surface area (Å²) in [7, 11) is 0. The lowest BCUT2D eigenvalue weighted by atomic mass is 10.1. The van der Waals surface area contributed by atoms with E-state index in [0.29, 0.717) is 12.3 Å². The van der Waals surface area contributed by atoms with Gasteiger partial charge in [-0.2, -0.15) is 0 Å². The molecule has 0 radical (unpaired) electrons. The number of rotatable bonds is 4. The van der Waals surface area contributed by atoms with Crippen molar-refractivity contribution < 1.29 is 4.79 Å². The van der Waals surface area contributed by atoms with Gasteiger partial charge in [0, 0.05) is 38.3 Å². The number of carbonyl (C=O) groups is 1. The number of amides is 1. The Hall–Kier alpha value is -2.43. The largest absolute Gasteiger partial charge is 0.353 e. The summed E-state index contributed by atoms with van der Waals surface area (Å²) in [6.45, 7) is 5.25. The number of aryl methyl sites for hydroxylation is 1. The first-order valence-electron chi connectivity index (χ1n) is 9.11. The molecule has 1 saturated heterocycles. The summed E-state index contributed by atoms with van der Waals surface area (Å²) in [5.41, 5.74) is 2.31. The summed E-state index contributed by atoms with van der Waals surface area (Å²) in [4.78, 5) is 26.0. The molecular weight excluding hydrogens is 312 g/mol. The molecule has 0 bridgehead atoms. The molecule has 2 heterocycles. The standard InChI is InChI=1S/C20H24N4O/c1-15-4-2-3-5-17(15)14-19(25)24-12-10-23(11-13-24)18-8-9-21-20(22-18)16-6-7-16/h2-5,8-9,16H,6-7,10-14H2,1H3. The molecule has 1 aliphatic carbocycles. The number of anilines is 1. The second-order valence-corrected chi connectivity index (χ2v) is 7.02. The van der Waals surface area contributed by atoms with E-state index in [1.807, 2.05) is 35.4 Å². The molecule has 2 aromatic rings. The zero-order chi connectivity index (χ0) is 17.2. The Morgan fingerprint density at radius 1 is 1.12 bits per heavy atom. The summed E-state index contributed by atoms with van der Waals surface area (Å²) < 4.78 is 0. The van der Waals surface area contributed by atoms with Crippen molar-refractivity contribution in [3.63, 3.8) is 0 Å². The van der Waals surface area contributed by atoms with Gasteiger partial charge in [0.15, 0.2) is 0 Å². The van der Waals surface area contributed by atoms with Crippen LogP contribution in [-0.4, -0.2) is 47.0 Å². The Morgan fingerprint density at radius 3 is 2.60 bits per heavy atom. The molecule has 130 valence electrons. The van der Waals surface area contributed by atoms with Crippen LogP contribution >= 0.6 is 0 Å². The molecule has 0 N–H and O–H groups in total. The average Bonchev–Trinajstić information content (AvgIpc) is 3.49. The van der Waals surface area contributed by atoms with Crippen LogP contribution in [0.4, 0.5) is 5.82 Å². The molecule has 2 fully saturated rings. The molecule has 0 unspecified atom stereocenters. The average molecular weight is 336 g/mol. The third-order valence-electron chi connectivity index (χ3n) is 5.16. The lowest BCUT2D eigenvalue weighted by Gasteiger charge is -2.35. The van der Waals surface area contributed by atoms with Gasteiger partial charge in [-0.05, 0) is 37.0 Å². The fourth-order valence-electron chi connectivity index (χ4n) is 3.35. The predicted octanol–water partition coefficient (Wildman–Crippen LogP) is 2.55. The highest BCUT2D eigenvalue weighted by Crippen LogP contribution is 2.38. The van der Waals surface area contributed by atoms with E-state index < -0.39 is 0 Å². The van der Waals surface area contributed by atoms with E-state index in [2.05, 4.69) is 22.9 Å². The quantitative estimate of drug-likeness (QED) is 0.861. The minimum absolute atomic E-state index is 0.218. The van der Waals surface area contributed by atoms with Crippen LogP contribution in [0.5, 0.6) is 0 Å². The Labute approximate surface area is 148 Å². The van der Waals surface area contributed by atoms with Gasteiger partial charge in [-0.1, -0.05) is 24.3 Å². The minimum Gasteiger partial charge on any atom is -0.353 e. The van der Waals surface area contributed by atoms with Gasteiger partial charge in [-0.15, -0.1) is 0 Å². The van der Waals surface area contributed by atoms with Gasteiger partial charge < -0.3 is 9.80 Å². The van der Waals surface area contributed by atoms with E-state index in [1.165, 1.54) is 18.4 Å². The number of hydrogen-bond acceptors (Lipinski definition) is 4. The van der Waals surface area contributed by atoms with Gasteiger partial charge in [0.05, 0.1) is 6.42 Å². The third kappa shape index (κ3) is 3.65. The Kier molecular flexibility index (Phi) is 4.38. The fourth-order valence-corrected chi connectivity index (χ4v) is 3.35. The lowest BCUT2D eigenvalue weighted by molar-refractivity contribution is -0.130. The zero-order valence-corrected chi connectivity index (χ0v) is 14.7. The van der Waals surface area contributed by atoms with E-state index in [0.717, 1.165) is 43.4 Å². The van der Waals surface area contributed by atoms with Crippen LogP contribution in [0.1, 0.15) is 35.7 Å². The summed E-state index contributed by atoms with van der Waals surface area (Å²) in [5.74, 6) is 2.77. The van der Waals surface area contributed by atoms with Crippen LogP contribution in [-0.2, 0) is 11.2 Å². The number of piperazine rings is 1. The normalized spacial score (nSPS) is 17.6. The van der Waals surface area contributed by atoms with E-state index in [4.69, 9.17) is 4.98 Å². The number of carbonyl (C=O) groups excluding carboxylic acids is 1. The summed E-state index contributed by atoms with van der Waals surface area (Å²) >= 11 is 0. The van der Waals surface area contributed by atoms with Crippen LogP contribution in [0.15, 0.2) is 36.5 Å². The molecule has 5 heteroatoms. The molecule has 2 aliphatic rings. The van der Waals surface area contributed by atoms with Crippen molar-refractivity contribution in [1.82, 2.24) is 14.9 Å². The van der Waals surface area contributed by atoms with Crippen molar-refractivity contribution in [3.05, 3.63) is 53.5 Å². The highest BCUT2D eigenvalue weighted by atomic mass is 16.2. The van der Waals surface area contributed by atoms with E-state index in [1.54, 1.807) is 0 Å². The maximum absolute atomic E-state index is 12.6. The van der Waals surface area contributed by atoms with Crippen molar-refractivity contribution in [3.8, 4) is 0 Å². The van der Waals surface area contributed by atoms with Crippen molar-refractivity contribution >= 4 is 11.7 Å². The van der Waals surface area contributed by atoms with Crippen LogP contribution in [0, 0.1) is 6.92 Å². The zero-order valence-electron chi connectivity index (χ0n) is 14.7. The Balaban J connectivity index is 1.35. The Bertz CT molecular complexity index is 764. The molecule has 1 aliphatic heterocycles. The summed E-state index contributed by atoms with van der Waals surface area (Å²) in [6, 6.07) is 10.1. The summed E-state index contributed by atoms with van der Waals surface area (Å²) in [6.07, 6.45) is 4.78. The topological polar surface area (TPSA) is 49.3 Å². The predicted molar refractivity (Wildman–Crippen MR) is 97.7 cm³/mol. The van der Waals surface area contributed by atoms with Gasteiger partial charge in [0.25, 0.3) is 0 Å². The molecule has 1 amide bonds. The molecule has 1 aromatic heterocycles. The van der Waals surface area contributed by atoms with E-state index in [-0.39, 0.29) is 5.91 Å². The van der Waals surface area contributed by atoms with Crippen LogP contribution in [0.3, 0.4) is 0 Å². The number of hydrogen-bond donors (Lipinski definition) is 0. The monoisotopic (exact) mass is 336 g/mol. The second-order valence-electron chi connectivity index (χ2n) is 7.02. The molecule has 1 saturated carbocycles. The van der Waals surface area contributed by atoms with Crippen molar-refractivity contribution in [1.29, 1.82) is 0 Å². The van der Waals surface area contributed by atoms with Crippen molar-refractivity contribution in [2.75, 3.05) is 31.1 Å². The SMILES string of the molecule is Cc1ccccc1CC(=O)N1CCN(c2ccnc(C3CC3)n2)CC1. The molecule has 0 atom stereocenters. The van der Waals surface area contributed by atoms with E-state index >= 15 is 0 Å². The van der Waals surface area contributed by atoms with Crippen LogP contribution in [0.25, 0.3) is 0 Å². The molecule has 5 nitrogen and oxygen atoms in total. The number of benzene rings is 1. The fraction of sp³-hybridized carbons (Fsp3) is 0.450. The summed E-state index contributed by atoms with van der Waals surface area (Å²) in [5, 5.41) is 0. The third-order valence-corrected chi connectivity index (χ3v) is 5.16. The highest BCUT2D eigenvalue weighted by molar-refractivity contribution is 5.79. The Morgan fingerprint density at radius 2 is 1.88 bits per heavy atom.